The monoisotopic (exact) mass is 229 g/mol. The molecule has 0 aliphatic rings. The quantitative estimate of drug-likeness (QED) is 0.634. The van der Waals surface area contributed by atoms with Gasteiger partial charge in [0.2, 0.25) is 0 Å². The number of aromatic amines is 1. The molecular weight excluding hydrogens is 222 g/mol. The molecule has 0 aliphatic heterocycles. The second-order valence-electron chi connectivity index (χ2n) is 3.67. The standard InChI is InChI=1S/C13H8ClNO/c14-13(16)9-5-3-7-11-12(9)8-4-1-2-6-10(8)15-11/h1-7,15H. The number of fused-ring (bicyclic) bond motifs is 3. The Morgan fingerprint density at radius 1 is 1.00 bits per heavy atom. The molecule has 1 N–H and O–H groups in total. The molecule has 0 radical (unpaired) electrons. The van der Waals surface area contributed by atoms with Crippen molar-refractivity contribution in [3.63, 3.8) is 0 Å². The Bertz CT molecular complexity index is 699. The summed E-state index contributed by atoms with van der Waals surface area (Å²) in [6, 6.07) is 13.4. The van der Waals surface area contributed by atoms with Crippen molar-refractivity contribution in [2.45, 2.75) is 0 Å². The van der Waals surface area contributed by atoms with Crippen molar-refractivity contribution in [3.05, 3.63) is 48.0 Å². The van der Waals surface area contributed by atoms with Crippen molar-refractivity contribution in [2.75, 3.05) is 0 Å². The molecule has 1 heterocycles. The van der Waals surface area contributed by atoms with E-state index in [9.17, 15) is 4.79 Å². The van der Waals surface area contributed by atoms with E-state index in [4.69, 9.17) is 11.6 Å². The van der Waals surface area contributed by atoms with Crippen molar-refractivity contribution in [3.8, 4) is 0 Å². The fourth-order valence-electron chi connectivity index (χ4n) is 2.07. The van der Waals surface area contributed by atoms with Gasteiger partial charge in [-0.2, -0.15) is 0 Å². The van der Waals surface area contributed by atoms with E-state index in [1.54, 1.807) is 6.07 Å². The van der Waals surface area contributed by atoms with Crippen LogP contribution >= 0.6 is 11.6 Å². The molecule has 16 heavy (non-hydrogen) atoms. The second kappa shape index (κ2) is 3.35. The summed E-state index contributed by atoms with van der Waals surface area (Å²) in [5.41, 5.74) is 2.51. The Hall–Kier alpha value is -1.80. The molecule has 0 aliphatic carbocycles. The molecule has 0 amide bonds. The van der Waals surface area contributed by atoms with Crippen LogP contribution < -0.4 is 0 Å². The van der Waals surface area contributed by atoms with Crippen LogP contribution in [0.25, 0.3) is 21.8 Å². The van der Waals surface area contributed by atoms with Gasteiger partial charge < -0.3 is 4.98 Å². The number of halogens is 1. The minimum absolute atomic E-state index is 0.421. The highest BCUT2D eigenvalue weighted by molar-refractivity contribution is 6.69. The predicted octanol–water partition coefficient (Wildman–Crippen LogP) is 3.70. The Labute approximate surface area is 96.8 Å². The fourth-order valence-corrected chi connectivity index (χ4v) is 2.22. The number of hydrogen-bond acceptors (Lipinski definition) is 1. The third-order valence-electron chi connectivity index (χ3n) is 2.74. The van der Waals surface area contributed by atoms with E-state index in [1.165, 1.54) is 0 Å². The van der Waals surface area contributed by atoms with Crippen LogP contribution in [0.1, 0.15) is 10.4 Å². The number of para-hydroxylation sites is 1. The largest absolute Gasteiger partial charge is 0.354 e. The van der Waals surface area contributed by atoms with E-state index in [1.807, 2.05) is 36.4 Å². The highest BCUT2D eigenvalue weighted by Gasteiger charge is 2.11. The van der Waals surface area contributed by atoms with E-state index in [2.05, 4.69) is 4.98 Å². The van der Waals surface area contributed by atoms with Gasteiger partial charge in [-0.25, -0.2) is 0 Å². The number of hydrogen-bond donors (Lipinski definition) is 1. The van der Waals surface area contributed by atoms with E-state index in [0.717, 1.165) is 21.8 Å². The van der Waals surface area contributed by atoms with Gasteiger partial charge in [0.05, 0.1) is 0 Å². The Balaban J connectivity index is 2.57. The van der Waals surface area contributed by atoms with Crippen LogP contribution in [0, 0.1) is 0 Å². The molecule has 2 aromatic carbocycles. The minimum Gasteiger partial charge on any atom is -0.354 e. The lowest BCUT2D eigenvalue weighted by Gasteiger charge is -1.97. The number of H-pyrrole nitrogens is 1. The first-order valence-electron chi connectivity index (χ1n) is 4.96. The molecule has 1 aromatic heterocycles. The van der Waals surface area contributed by atoms with E-state index in [-0.39, 0.29) is 0 Å². The minimum atomic E-state index is -0.421. The summed E-state index contributed by atoms with van der Waals surface area (Å²) < 4.78 is 0. The number of carbonyl (C=O) groups is 1. The molecule has 0 atom stereocenters. The van der Waals surface area contributed by atoms with Crippen LogP contribution in [0.2, 0.25) is 0 Å². The molecule has 0 spiro atoms. The van der Waals surface area contributed by atoms with Gasteiger partial charge in [0, 0.05) is 27.4 Å². The second-order valence-corrected chi connectivity index (χ2v) is 4.02. The van der Waals surface area contributed by atoms with Gasteiger partial charge in [-0.1, -0.05) is 24.3 Å². The van der Waals surface area contributed by atoms with E-state index in [0.29, 0.717) is 5.56 Å². The lowest BCUT2D eigenvalue weighted by atomic mass is 10.1. The molecule has 78 valence electrons. The molecular formula is C13H8ClNO. The number of nitrogens with one attached hydrogen (secondary N) is 1. The van der Waals surface area contributed by atoms with Crippen molar-refractivity contribution in [2.24, 2.45) is 0 Å². The van der Waals surface area contributed by atoms with Gasteiger partial charge in [-0.3, -0.25) is 4.79 Å². The van der Waals surface area contributed by atoms with Crippen LogP contribution in [0.3, 0.4) is 0 Å². The summed E-state index contributed by atoms with van der Waals surface area (Å²) >= 11 is 5.59. The smallest absolute Gasteiger partial charge is 0.253 e. The highest BCUT2D eigenvalue weighted by atomic mass is 35.5. The van der Waals surface area contributed by atoms with Crippen molar-refractivity contribution in [1.82, 2.24) is 4.98 Å². The lowest BCUT2D eigenvalue weighted by molar-refractivity contribution is 0.108. The average Bonchev–Trinajstić information content (AvgIpc) is 2.66. The maximum Gasteiger partial charge on any atom is 0.253 e. The van der Waals surface area contributed by atoms with Gasteiger partial charge in [0.15, 0.2) is 0 Å². The number of benzene rings is 2. The zero-order valence-corrected chi connectivity index (χ0v) is 9.08. The number of aromatic nitrogens is 1. The number of rotatable bonds is 1. The van der Waals surface area contributed by atoms with Crippen molar-refractivity contribution >= 4 is 38.6 Å². The molecule has 0 bridgehead atoms. The summed E-state index contributed by atoms with van der Waals surface area (Å²) in [7, 11) is 0. The van der Waals surface area contributed by atoms with Gasteiger partial charge in [-0.15, -0.1) is 0 Å². The molecule has 0 unspecified atom stereocenters. The Morgan fingerprint density at radius 2 is 1.75 bits per heavy atom. The maximum atomic E-state index is 11.4. The van der Waals surface area contributed by atoms with Gasteiger partial charge in [0.25, 0.3) is 5.24 Å². The summed E-state index contributed by atoms with van der Waals surface area (Å²) in [6.45, 7) is 0. The third-order valence-corrected chi connectivity index (χ3v) is 2.95. The van der Waals surface area contributed by atoms with Gasteiger partial charge in [-0.05, 0) is 29.8 Å². The summed E-state index contributed by atoms with van der Waals surface area (Å²) in [5.74, 6) is 0. The first-order chi connectivity index (χ1) is 7.77. The Kier molecular flexibility index (Phi) is 1.98. The lowest BCUT2D eigenvalue weighted by Crippen LogP contribution is -1.88. The molecule has 3 rings (SSSR count). The fraction of sp³-hybridized carbons (Fsp3) is 0. The molecule has 3 aromatic rings. The Morgan fingerprint density at radius 3 is 2.56 bits per heavy atom. The van der Waals surface area contributed by atoms with Gasteiger partial charge >= 0.3 is 0 Å². The SMILES string of the molecule is O=C(Cl)c1cccc2[nH]c3ccccc3c12. The number of carbonyl (C=O) groups excluding carboxylic acids is 1. The topological polar surface area (TPSA) is 32.9 Å². The predicted molar refractivity (Wildman–Crippen MR) is 66.0 cm³/mol. The average molecular weight is 230 g/mol. The third kappa shape index (κ3) is 1.24. The van der Waals surface area contributed by atoms with Crippen LogP contribution in [0.4, 0.5) is 0 Å². The molecule has 0 fully saturated rings. The first-order valence-corrected chi connectivity index (χ1v) is 5.34. The van der Waals surface area contributed by atoms with Crippen LogP contribution in [0.15, 0.2) is 42.5 Å². The summed E-state index contributed by atoms with van der Waals surface area (Å²) in [5, 5.41) is 1.51. The molecule has 0 saturated carbocycles. The molecule has 0 saturated heterocycles. The van der Waals surface area contributed by atoms with Crippen LogP contribution in [0.5, 0.6) is 0 Å². The van der Waals surface area contributed by atoms with E-state index >= 15 is 0 Å². The molecule has 2 nitrogen and oxygen atoms in total. The zero-order chi connectivity index (χ0) is 11.1. The summed E-state index contributed by atoms with van der Waals surface area (Å²) in [4.78, 5) is 14.6. The van der Waals surface area contributed by atoms with Crippen molar-refractivity contribution < 1.29 is 4.79 Å². The van der Waals surface area contributed by atoms with Crippen LogP contribution in [-0.2, 0) is 0 Å². The zero-order valence-electron chi connectivity index (χ0n) is 8.33. The normalized spacial score (nSPS) is 11.1. The maximum absolute atomic E-state index is 11.4. The van der Waals surface area contributed by atoms with Crippen molar-refractivity contribution in [1.29, 1.82) is 0 Å². The first kappa shape index (κ1) is 9.43. The van der Waals surface area contributed by atoms with Gasteiger partial charge in [0.1, 0.15) is 0 Å². The molecule has 3 heteroatoms. The summed E-state index contributed by atoms with van der Waals surface area (Å²) in [6.07, 6.45) is 0. The van der Waals surface area contributed by atoms with E-state index < -0.39 is 5.24 Å². The van der Waals surface area contributed by atoms with Crippen LogP contribution in [-0.4, -0.2) is 10.2 Å². The highest BCUT2D eigenvalue weighted by Crippen LogP contribution is 2.28.